The fourth-order valence-electron chi connectivity index (χ4n) is 1.86. The highest BCUT2D eigenvalue weighted by Crippen LogP contribution is 2.23. The number of carbonyl (C=O) groups excluding carboxylic acids is 2. The molecule has 0 radical (unpaired) electrons. The van der Waals surface area contributed by atoms with E-state index in [-0.39, 0.29) is 22.8 Å². The van der Waals surface area contributed by atoms with Crippen LogP contribution in [0.15, 0.2) is 18.2 Å². The molecule has 0 saturated heterocycles. The van der Waals surface area contributed by atoms with E-state index in [4.69, 9.17) is 10.3 Å². The van der Waals surface area contributed by atoms with Gasteiger partial charge in [-0.2, -0.15) is 0 Å². The third-order valence-electron chi connectivity index (χ3n) is 3.00. The van der Waals surface area contributed by atoms with Gasteiger partial charge < -0.3 is 15.6 Å². The summed E-state index contributed by atoms with van der Waals surface area (Å²) in [5.41, 5.74) is 5.62. The van der Waals surface area contributed by atoms with Crippen molar-refractivity contribution < 1.29 is 18.7 Å². The lowest BCUT2D eigenvalue weighted by Crippen LogP contribution is -2.25. The molecule has 0 saturated carbocycles. The SMILES string of the molecule is CCCCCCNC(=O)c1ccc(C(N)=O)cc1O[PH2]=O. The number of carbonyl (C=O) groups is 2. The van der Waals surface area contributed by atoms with Crippen LogP contribution in [0.5, 0.6) is 5.75 Å². The summed E-state index contributed by atoms with van der Waals surface area (Å²) in [5.74, 6) is -0.833. The number of benzene rings is 1. The van der Waals surface area contributed by atoms with E-state index in [9.17, 15) is 14.2 Å². The molecule has 1 unspecified atom stereocenters. The van der Waals surface area contributed by atoms with E-state index in [0.717, 1.165) is 25.7 Å². The second kappa shape index (κ2) is 9.19. The van der Waals surface area contributed by atoms with Gasteiger partial charge in [-0.15, -0.1) is 0 Å². The number of unbranched alkanes of at least 4 members (excludes halogenated alkanes) is 3. The normalized spacial score (nSPS) is 10.7. The number of primary amides is 1. The molecule has 7 heteroatoms. The van der Waals surface area contributed by atoms with E-state index in [1.165, 1.54) is 18.2 Å². The van der Waals surface area contributed by atoms with E-state index in [2.05, 4.69) is 12.2 Å². The Hall–Kier alpha value is -1.81. The lowest BCUT2D eigenvalue weighted by Gasteiger charge is -2.10. The van der Waals surface area contributed by atoms with Crippen molar-refractivity contribution in [1.82, 2.24) is 5.32 Å². The Morgan fingerprint density at radius 3 is 2.67 bits per heavy atom. The largest absolute Gasteiger partial charge is 0.446 e. The molecule has 0 aliphatic carbocycles. The van der Waals surface area contributed by atoms with E-state index in [1.807, 2.05) is 0 Å². The summed E-state index contributed by atoms with van der Waals surface area (Å²) < 4.78 is 15.7. The summed E-state index contributed by atoms with van der Waals surface area (Å²) in [6.45, 7) is 2.69. The molecule has 0 aliphatic heterocycles. The van der Waals surface area contributed by atoms with Gasteiger partial charge in [-0.1, -0.05) is 26.2 Å². The van der Waals surface area contributed by atoms with Crippen LogP contribution in [0, 0.1) is 0 Å². The summed E-state index contributed by atoms with van der Waals surface area (Å²) >= 11 is 0. The van der Waals surface area contributed by atoms with Crippen LogP contribution in [0.25, 0.3) is 0 Å². The van der Waals surface area contributed by atoms with Crippen molar-refractivity contribution in [3.05, 3.63) is 29.3 Å². The molecule has 6 nitrogen and oxygen atoms in total. The first-order chi connectivity index (χ1) is 10.1. The Bertz CT molecular complexity index is 520. The average Bonchev–Trinajstić information content (AvgIpc) is 2.47. The summed E-state index contributed by atoms with van der Waals surface area (Å²) in [4.78, 5) is 23.2. The summed E-state index contributed by atoms with van der Waals surface area (Å²) in [6, 6.07) is 4.23. The minimum absolute atomic E-state index is 0.113. The van der Waals surface area contributed by atoms with Crippen LogP contribution in [0.4, 0.5) is 0 Å². The summed E-state index contributed by atoms with van der Waals surface area (Å²) in [6.07, 6.45) is 4.23. The van der Waals surface area contributed by atoms with Gasteiger partial charge in [0, 0.05) is 12.1 Å². The van der Waals surface area contributed by atoms with E-state index >= 15 is 0 Å². The maximum Gasteiger partial charge on any atom is 0.255 e. The molecule has 2 amide bonds. The number of hydrogen-bond acceptors (Lipinski definition) is 4. The Labute approximate surface area is 125 Å². The number of hydrogen-bond donors (Lipinski definition) is 2. The smallest absolute Gasteiger partial charge is 0.255 e. The van der Waals surface area contributed by atoms with Gasteiger partial charge in [-0.25, -0.2) is 0 Å². The minimum atomic E-state index is -1.53. The van der Waals surface area contributed by atoms with Crippen LogP contribution in [-0.2, 0) is 4.57 Å². The lowest BCUT2D eigenvalue weighted by molar-refractivity contribution is 0.0948. The zero-order valence-corrected chi connectivity index (χ0v) is 13.2. The molecule has 0 bridgehead atoms. The molecule has 0 spiro atoms. The summed E-state index contributed by atoms with van der Waals surface area (Å²) in [5, 5.41) is 2.78. The van der Waals surface area contributed by atoms with Gasteiger partial charge >= 0.3 is 0 Å². The van der Waals surface area contributed by atoms with Gasteiger partial charge in [0.1, 0.15) is 5.75 Å². The Morgan fingerprint density at radius 2 is 2.05 bits per heavy atom. The minimum Gasteiger partial charge on any atom is -0.446 e. The van der Waals surface area contributed by atoms with E-state index in [0.29, 0.717) is 6.54 Å². The van der Waals surface area contributed by atoms with Crippen molar-refractivity contribution in [2.24, 2.45) is 5.73 Å². The third kappa shape index (κ3) is 5.60. The predicted octanol–water partition coefficient (Wildman–Crippen LogP) is 2.15. The maximum atomic E-state index is 12.1. The quantitative estimate of drug-likeness (QED) is 0.539. The molecular weight excluding hydrogens is 291 g/mol. The lowest BCUT2D eigenvalue weighted by atomic mass is 10.1. The second-order valence-electron chi connectivity index (χ2n) is 4.61. The molecule has 1 aromatic rings. The molecule has 0 fully saturated rings. The topological polar surface area (TPSA) is 98.5 Å². The van der Waals surface area contributed by atoms with Crippen LogP contribution in [0.2, 0.25) is 0 Å². The number of rotatable bonds is 9. The van der Waals surface area contributed by atoms with Gasteiger partial charge in [0.05, 0.1) is 5.56 Å². The van der Waals surface area contributed by atoms with Crippen LogP contribution in [-0.4, -0.2) is 18.4 Å². The summed E-state index contributed by atoms with van der Waals surface area (Å²) in [7, 11) is -1.53. The zero-order valence-electron chi connectivity index (χ0n) is 12.1. The van der Waals surface area contributed by atoms with Gasteiger partial charge in [0.2, 0.25) is 14.6 Å². The van der Waals surface area contributed by atoms with Crippen LogP contribution < -0.4 is 15.6 Å². The van der Waals surface area contributed by atoms with E-state index < -0.39 is 14.6 Å². The monoisotopic (exact) mass is 312 g/mol. The number of nitrogens with two attached hydrogens (primary N) is 1. The molecule has 0 heterocycles. The fourth-order valence-corrected chi connectivity index (χ4v) is 2.16. The maximum absolute atomic E-state index is 12.1. The number of nitrogens with one attached hydrogen (secondary N) is 1. The predicted molar refractivity (Wildman–Crippen MR) is 82.5 cm³/mol. The number of amides is 2. The molecule has 21 heavy (non-hydrogen) atoms. The average molecular weight is 312 g/mol. The van der Waals surface area contributed by atoms with Crippen molar-refractivity contribution in [2.45, 2.75) is 32.6 Å². The molecule has 1 rings (SSSR count). The highest BCUT2D eigenvalue weighted by atomic mass is 31.1. The second-order valence-corrected chi connectivity index (χ2v) is 5.03. The molecular formula is C14H21N2O4P. The van der Waals surface area contributed by atoms with Crippen molar-refractivity contribution in [2.75, 3.05) is 6.54 Å². The molecule has 3 N–H and O–H groups in total. The molecule has 0 aromatic heterocycles. The van der Waals surface area contributed by atoms with Crippen molar-refractivity contribution in [1.29, 1.82) is 0 Å². The van der Waals surface area contributed by atoms with Gasteiger partial charge in [0.25, 0.3) is 5.91 Å². The Balaban J connectivity index is 2.73. The molecule has 116 valence electrons. The Kier molecular flexibility index (Phi) is 7.54. The van der Waals surface area contributed by atoms with Crippen molar-refractivity contribution in [3.63, 3.8) is 0 Å². The van der Waals surface area contributed by atoms with Crippen LogP contribution in [0.1, 0.15) is 53.3 Å². The van der Waals surface area contributed by atoms with E-state index in [1.54, 1.807) is 0 Å². The molecule has 1 aromatic carbocycles. The van der Waals surface area contributed by atoms with Crippen molar-refractivity contribution >= 4 is 20.5 Å². The van der Waals surface area contributed by atoms with Gasteiger partial charge in [-0.3, -0.25) is 14.2 Å². The van der Waals surface area contributed by atoms with Crippen LogP contribution in [0.3, 0.4) is 0 Å². The highest BCUT2D eigenvalue weighted by molar-refractivity contribution is 7.17. The standard InChI is InChI=1S/C14H21N2O4P/c1-2-3-4-5-8-16-14(18)11-7-6-10(13(15)17)9-12(11)20-21-19/h6-7,9H,2-5,8,21H2,1H3,(H2,15,17)(H,16,18). The van der Waals surface area contributed by atoms with Crippen LogP contribution >= 0.6 is 8.69 Å². The van der Waals surface area contributed by atoms with Gasteiger partial charge in [0.15, 0.2) is 0 Å². The molecule has 0 aliphatic rings. The molecule has 1 atom stereocenters. The highest BCUT2D eigenvalue weighted by Gasteiger charge is 2.14. The third-order valence-corrected chi connectivity index (χ3v) is 3.35. The zero-order chi connectivity index (χ0) is 15.7. The first-order valence-electron chi connectivity index (χ1n) is 6.92. The van der Waals surface area contributed by atoms with Gasteiger partial charge in [-0.05, 0) is 24.6 Å². The first kappa shape index (κ1) is 17.2. The first-order valence-corrected chi connectivity index (χ1v) is 7.86. The van der Waals surface area contributed by atoms with Crippen molar-refractivity contribution in [3.8, 4) is 5.75 Å². The Morgan fingerprint density at radius 1 is 1.29 bits per heavy atom. The fraction of sp³-hybridized carbons (Fsp3) is 0.429.